The molecule has 1 aliphatic heterocycles. The van der Waals surface area contributed by atoms with Gasteiger partial charge in [-0.2, -0.15) is 13.2 Å². The minimum Gasteiger partial charge on any atom is -0.349 e. The normalized spacial score (nSPS) is 16.2. The molecule has 1 fully saturated rings. The van der Waals surface area contributed by atoms with Gasteiger partial charge in [0.25, 0.3) is 5.91 Å². The number of carbonyl (C=O) groups is 1. The van der Waals surface area contributed by atoms with Gasteiger partial charge in [-0.15, -0.1) is 0 Å². The summed E-state index contributed by atoms with van der Waals surface area (Å²) in [5.41, 5.74) is 0.00211. The zero-order valence-electron chi connectivity index (χ0n) is 14.6. The van der Waals surface area contributed by atoms with Crippen molar-refractivity contribution in [1.29, 1.82) is 0 Å². The van der Waals surface area contributed by atoms with E-state index in [0.29, 0.717) is 12.8 Å². The van der Waals surface area contributed by atoms with E-state index in [-0.39, 0.29) is 36.1 Å². The van der Waals surface area contributed by atoms with Crippen molar-refractivity contribution in [3.8, 4) is 11.4 Å². The summed E-state index contributed by atoms with van der Waals surface area (Å²) >= 11 is 0. The molecular weight excluding hydrogens is 383 g/mol. The molecule has 5 nitrogen and oxygen atoms in total. The number of nitrogens with zero attached hydrogens (tertiary/aromatic N) is 3. The highest BCUT2D eigenvalue weighted by Gasteiger charge is 2.32. The molecule has 1 aromatic heterocycles. The second-order valence-electron chi connectivity index (χ2n) is 6.56. The van der Waals surface area contributed by atoms with E-state index in [9.17, 15) is 26.7 Å². The lowest BCUT2D eigenvalue weighted by Gasteiger charge is -2.32. The van der Waals surface area contributed by atoms with E-state index in [4.69, 9.17) is 0 Å². The van der Waals surface area contributed by atoms with Crippen LogP contribution < -0.4 is 5.32 Å². The SMILES string of the molecule is O=C(NC1CCN(CC(F)(F)F)CC1)c1cnc(-c2cc(F)ccc2F)nc1. The van der Waals surface area contributed by atoms with Gasteiger partial charge in [0.2, 0.25) is 0 Å². The molecule has 0 radical (unpaired) electrons. The number of aromatic nitrogens is 2. The predicted molar refractivity (Wildman–Crippen MR) is 90.4 cm³/mol. The first-order valence-electron chi connectivity index (χ1n) is 8.59. The highest BCUT2D eigenvalue weighted by molar-refractivity contribution is 5.93. The number of piperidine rings is 1. The molecule has 0 atom stereocenters. The number of benzene rings is 1. The van der Waals surface area contributed by atoms with E-state index < -0.39 is 30.3 Å². The molecule has 28 heavy (non-hydrogen) atoms. The lowest BCUT2D eigenvalue weighted by atomic mass is 10.0. The average Bonchev–Trinajstić information content (AvgIpc) is 2.64. The van der Waals surface area contributed by atoms with Gasteiger partial charge in [-0.3, -0.25) is 9.69 Å². The number of hydrogen-bond donors (Lipinski definition) is 1. The van der Waals surface area contributed by atoms with E-state index in [0.717, 1.165) is 18.2 Å². The summed E-state index contributed by atoms with van der Waals surface area (Å²) < 4.78 is 64.2. The molecule has 1 saturated heterocycles. The molecule has 1 amide bonds. The van der Waals surface area contributed by atoms with E-state index in [2.05, 4.69) is 15.3 Å². The van der Waals surface area contributed by atoms with Crippen LogP contribution in [0, 0.1) is 11.6 Å². The van der Waals surface area contributed by atoms with Crippen molar-refractivity contribution in [2.45, 2.75) is 25.1 Å². The topological polar surface area (TPSA) is 58.1 Å². The molecule has 0 spiro atoms. The Bertz CT molecular complexity index is 833. The fourth-order valence-corrected chi connectivity index (χ4v) is 3.01. The number of nitrogens with one attached hydrogen (secondary N) is 1. The van der Waals surface area contributed by atoms with Crippen LogP contribution in [0.3, 0.4) is 0 Å². The summed E-state index contributed by atoms with van der Waals surface area (Å²) in [6.45, 7) is -0.489. The maximum atomic E-state index is 13.8. The summed E-state index contributed by atoms with van der Waals surface area (Å²) in [6.07, 6.45) is -1.05. The van der Waals surface area contributed by atoms with Crippen molar-refractivity contribution in [1.82, 2.24) is 20.2 Å². The van der Waals surface area contributed by atoms with Crippen LogP contribution in [0.25, 0.3) is 11.4 Å². The first kappa shape index (κ1) is 20.1. The summed E-state index contributed by atoms with van der Waals surface area (Å²) in [6, 6.07) is 2.64. The van der Waals surface area contributed by atoms with Crippen LogP contribution >= 0.6 is 0 Å². The number of amides is 1. The summed E-state index contributed by atoms with van der Waals surface area (Å²) in [5, 5.41) is 2.74. The van der Waals surface area contributed by atoms with Crippen molar-refractivity contribution in [3.05, 3.63) is 47.8 Å². The van der Waals surface area contributed by atoms with Gasteiger partial charge >= 0.3 is 6.18 Å². The third kappa shape index (κ3) is 5.22. The van der Waals surface area contributed by atoms with Crippen LogP contribution in [0.2, 0.25) is 0 Å². The summed E-state index contributed by atoms with van der Waals surface area (Å²) in [7, 11) is 0. The van der Waals surface area contributed by atoms with E-state index in [1.165, 1.54) is 17.3 Å². The Balaban J connectivity index is 1.58. The van der Waals surface area contributed by atoms with Gasteiger partial charge in [0, 0.05) is 31.5 Å². The van der Waals surface area contributed by atoms with Crippen LogP contribution in [0.15, 0.2) is 30.6 Å². The van der Waals surface area contributed by atoms with Gasteiger partial charge < -0.3 is 5.32 Å². The Morgan fingerprint density at radius 3 is 2.39 bits per heavy atom. The summed E-state index contributed by atoms with van der Waals surface area (Å²) in [5.74, 6) is -1.86. The maximum absolute atomic E-state index is 13.8. The fraction of sp³-hybridized carbons (Fsp3) is 0.389. The molecule has 10 heteroatoms. The van der Waals surface area contributed by atoms with Crippen LogP contribution in [-0.4, -0.2) is 52.6 Å². The van der Waals surface area contributed by atoms with Crippen molar-refractivity contribution in [2.75, 3.05) is 19.6 Å². The molecule has 1 aromatic carbocycles. The molecule has 0 aliphatic carbocycles. The number of hydrogen-bond acceptors (Lipinski definition) is 4. The standard InChI is InChI=1S/C18H17F5N4O/c19-12-1-2-15(20)14(7-12)16-24-8-11(9-25-16)17(28)26-13-3-5-27(6-4-13)10-18(21,22)23/h1-2,7-9,13H,3-6,10H2,(H,26,28). The smallest absolute Gasteiger partial charge is 0.349 e. The van der Waals surface area contributed by atoms with Crippen LogP contribution in [0.5, 0.6) is 0 Å². The Kier molecular flexibility index (Phi) is 5.87. The molecule has 1 N–H and O–H groups in total. The molecule has 0 saturated carbocycles. The molecule has 2 heterocycles. The Morgan fingerprint density at radius 2 is 1.79 bits per heavy atom. The second kappa shape index (κ2) is 8.17. The minimum absolute atomic E-state index is 0.0611. The largest absolute Gasteiger partial charge is 0.401 e. The van der Waals surface area contributed by atoms with Gasteiger partial charge in [0.1, 0.15) is 11.6 Å². The third-order valence-corrected chi connectivity index (χ3v) is 4.41. The van der Waals surface area contributed by atoms with Crippen molar-refractivity contribution in [2.24, 2.45) is 0 Å². The van der Waals surface area contributed by atoms with Crippen molar-refractivity contribution in [3.63, 3.8) is 0 Å². The van der Waals surface area contributed by atoms with Crippen LogP contribution in [-0.2, 0) is 0 Å². The lowest BCUT2D eigenvalue weighted by Crippen LogP contribution is -2.47. The number of alkyl halides is 3. The molecule has 1 aliphatic rings. The van der Waals surface area contributed by atoms with Crippen molar-refractivity contribution >= 4 is 5.91 Å². The summed E-state index contributed by atoms with van der Waals surface area (Å²) in [4.78, 5) is 21.4. The molecule has 150 valence electrons. The average molecular weight is 400 g/mol. The second-order valence-corrected chi connectivity index (χ2v) is 6.56. The van der Waals surface area contributed by atoms with E-state index >= 15 is 0 Å². The molecule has 2 aromatic rings. The zero-order valence-corrected chi connectivity index (χ0v) is 14.6. The number of rotatable bonds is 4. The fourth-order valence-electron chi connectivity index (χ4n) is 3.01. The third-order valence-electron chi connectivity index (χ3n) is 4.41. The minimum atomic E-state index is -4.24. The van der Waals surface area contributed by atoms with Gasteiger partial charge in [-0.05, 0) is 31.0 Å². The zero-order chi connectivity index (χ0) is 20.3. The lowest BCUT2D eigenvalue weighted by molar-refractivity contribution is -0.148. The van der Waals surface area contributed by atoms with Crippen LogP contribution in [0.4, 0.5) is 22.0 Å². The first-order chi connectivity index (χ1) is 13.2. The maximum Gasteiger partial charge on any atom is 0.401 e. The quantitative estimate of drug-likeness (QED) is 0.801. The van der Waals surface area contributed by atoms with Crippen LogP contribution in [0.1, 0.15) is 23.2 Å². The van der Waals surface area contributed by atoms with E-state index in [1.54, 1.807) is 0 Å². The Morgan fingerprint density at radius 1 is 1.14 bits per heavy atom. The monoisotopic (exact) mass is 400 g/mol. The molecule has 3 rings (SSSR count). The Labute approximate surface area is 157 Å². The number of likely N-dealkylation sites (tertiary alicyclic amines) is 1. The highest BCUT2D eigenvalue weighted by atomic mass is 19.4. The molecular formula is C18H17F5N4O. The molecule has 0 bridgehead atoms. The van der Waals surface area contributed by atoms with Gasteiger partial charge in [0.15, 0.2) is 5.82 Å². The highest BCUT2D eigenvalue weighted by Crippen LogP contribution is 2.21. The number of halogens is 5. The van der Waals surface area contributed by atoms with Gasteiger partial charge in [-0.25, -0.2) is 18.7 Å². The molecule has 0 unspecified atom stereocenters. The van der Waals surface area contributed by atoms with Crippen molar-refractivity contribution < 1.29 is 26.7 Å². The predicted octanol–water partition coefficient (Wildman–Crippen LogP) is 3.18. The number of carbonyl (C=O) groups excluding carboxylic acids is 1. The van der Waals surface area contributed by atoms with Gasteiger partial charge in [-0.1, -0.05) is 0 Å². The van der Waals surface area contributed by atoms with E-state index in [1.807, 2.05) is 0 Å². The van der Waals surface area contributed by atoms with Gasteiger partial charge in [0.05, 0.1) is 17.7 Å². The first-order valence-corrected chi connectivity index (χ1v) is 8.59. The Hall–Kier alpha value is -2.62.